The summed E-state index contributed by atoms with van der Waals surface area (Å²) < 4.78 is 10.3. The van der Waals surface area contributed by atoms with E-state index in [4.69, 9.17) is 19.7 Å². The maximum atomic E-state index is 8.82. The molecule has 0 spiro atoms. The van der Waals surface area contributed by atoms with Crippen LogP contribution in [0, 0.1) is 0 Å². The molecule has 0 radical (unpaired) electrons. The summed E-state index contributed by atoms with van der Waals surface area (Å²) in [5.41, 5.74) is 0. The summed E-state index contributed by atoms with van der Waals surface area (Å²) in [5.74, 6) is -0.706. The zero-order chi connectivity index (χ0) is 9.61. The highest BCUT2D eigenvalue weighted by molar-refractivity contribution is 4.61. The molecule has 0 bridgehead atoms. The molecule has 1 atom stereocenters. The molecule has 1 unspecified atom stereocenters. The van der Waals surface area contributed by atoms with E-state index >= 15 is 0 Å². The molecule has 0 aliphatic heterocycles. The van der Waals surface area contributed by atoms with Gasteiger partial charge in [0.05, 0.1) is 12.7 Å². The van der Waals surface area contributed by atoms with Crippen LogP contribution in [0.5, 0.6) is 0 Å². The molecule has 12 heavy (non-hydrogen) atoms. The van der Waals surface area contributed by atoms with Crippen LogP contribution in [0.2, 0.25) is 0 Å². The van der Waals surface area contributed by atoms with Crippen LogP contribution >= 0.6 is 0 Å². The second-order valence-corrected chi connectivity index (χ2v) is 3.04. The molecule has 0 aromatic rings. The van der Waals surface area contributed by atoms with Crippen LogP contribution in [0.15, 0.2) is 0 Å². The minimum Gasteiger partial charge on any atom is -0.396 e. The van der Waals surface area contributed by atoms with E-state index in [1.165, 1.54) is 7.11 Å². The molecule has 0 heterocycles. The number of hydrogen-bond acceptors (Lipinski definition) is 4. The van der Waals surface area contributed by atoms with Gasteiger partial charge in [-0.05, 0) is 20.3 Å². The van der Waals surface area contributed by atoms with Crippen molar-refractivity contribution in [1.82, 2.24) is 0 Å². The van der Waals surface area contributed by atoms with Crippen LogP contribution in [0.3, 0.4) is 0 Å². The number of aliphatic hydroxyl groups is 2. The van der Waals surface area contributed by atoms with Gasteiger partial charge in [0, 0.05) is 13.7 Å². The third-order valence-corrected chi connectivity index (χ3v) is 1.60. The lowest BCUT2D eigenvalue weighted by atomic mass is 10.2. The number of ether oxygens (including phenoxy) is 2. The molecule has 0 amide bonds. The molecule has 0 aliphatic rings. The number of rotatable bonds is 6. The van der Waals surface area contributed by atoms with Crippen molar-refractivity contribution in [2.45, 2.75) is 32.2 Å². The molecule has 0 aliphatic carbocycles. The van der Waals surface area contributed by atoms with Crippen LogP contribution in [0.4, 0.5) is 0 Å². The van der Waals surface area contributed by atoms with Gasteiger partial charge in [0.1, 0.15) is 0 Å². The minimum absolute atomic E-state index is 0.00498. The molecule has 0 aromatic heterocycles. The minimum atomic E-state index is -0.706. The van der Waals surface area contributed by atoms with Gasteiger partial charge in [-0.15, -0.1) is 0 Å². The van der Waals surface area contributed by atoms with Gasteiger partial charge in [0.2, 0.25) is 0 Å². The first-order valence-corrected chi connectivity index (χ1v) is 4.00. The Bertz CT molecular complexity index is 114. The maximum Gasteiger partial charge on any atom is 0.162 e. The Balaban J connectivity index is 3.83. The maximum absolute atomic E-state index is 8.82. The molecule has 0 aromatic carbocycles. The van der Waals surface area contributed by atoms with Crippen LogP contribution in [0.25, 0.3) is 0 Å². The average molecular weight is 178 g/mol. The van der Waals surface area contributed by atoms with E-state index in [1.54, 1.807) is 13.8 Å². The van der Waals surface area contributed by atoms with Crippen molar-refractivity contribution in [3.63, 3.8) is 0 Å². The lowest BCUT2D eigenvalue weighted by Crippen LogP contribution is -2.34. The highest BCUT2D eigenvalue weighted by Crippen LogP contribution is 2.14. The Morgan fingerprint density at radius 1 is 1.33 bits per heavy atom. The smallest absolute Gasteiger partial charge is 0.162 e. The van der Waals surface area contributed by atoms with Gasteiger partial charge in [0.15, 0.2) is 5.79 Å². The number of methoxy groups -OCH3 is 1. The Hall–Kier alpha value is -0.160. The summed E-state index contributed by atoms with van der Waals surface area (Å²) in [6.45, 7) is 3.42. The van der Waals surface area contributed by atoms with E-state index in [9.17, 15) is 0 Å². The van der Waals surface area contributed by atoms with Gasteiger partial charge in [-0.25, -0.2) is 0 Å². The molecular formula is C8H18O4. The van der Waals surface area contributed by atoms with Gasteiger partial charge in [-0.3, -0.25) is 0 Å². The zero-order valence-electron chi connectivity index (χ0n) is 7.91. The van der Waals surface area contributed by atoms with Crippen LogP contribution in [0.1, 0.15) is 20.3 Å². The Labute approximate surface area is 73.1 Å². The van der Waals surface area contributed by atoms with Crippen molar-refractivity contribution < 1.29 is 19.7 Å². The molecule has 0 fully saturated rings. The molecule has 0 saturated carbocycles. The SMILES string of the molecule is COC(C)(C)OC(CO)CCO. The largest absolute Gasteiger partial charge is 0.396 e. The summed E-state index contributed by atoms with van der Waals surface area (Å²) in [6.07, 6.45) is 0.0634. The third-order valence-electron chi connectivity index (χ3n) is 1.60. The molecule has 4 nitrogen and oxygen atoms in total. The molecule has 4 heteroatoms. The van der Waals surface area contributed by atoms with Gasteiger partial charge >= 0.3 is 0 Å². The van der Waals surface area contributed by atoms with E-state index in [0.29, 0.717) is 6.42 Å². The van der Waals surface area contributed by atoms with Crippen molar-refractivity contribution >= 4 is 0 Å². The fourth-order valence-corrected chi connectivity index (χ4v) is 0.781. The predicted molar refractivity (Wildman–Crippen MR) is 44.7 cm³/mol. The van der Waals surface area contributed by atoms with Crippen LogP contribution in [-0.2, 0) is 9.47 Å². The number of hydrogen-bond donors (Lipinski definition) is 2. The molecule has 2 N–H and O–H groups in total. The predicted octanol–water partition coefficient (Wildman–Crippen LogP) is 0.129. The lowest BCUT2D eigenvalue weighted by Gasteiger charge is -2.28. The van der Waals surface area contributed by atoms with E-state index in [-0.39, 0.29) is 19.3 Å². The highest BCUT2D eigenvalue weighted by Gasteiger charge is 2.21. The third kappa shape index (κ3) is 4.66. The summed E-state index contributed by atoms with van der Waals surface area (Å²) in [7, 11) is 1.54. The Morgan fingerprint density at radius 2 is 1.92 bits per heavy atom. The first-order chi connectivity index (χ1) is 5.55. The Kier molecular flexibility index (Phi) is 5.41. The summed E-state index contributed by atoms with van der Waals surface area (Å²) >= 11 is 0. The van der Waals surface area contributed by atoms with Gasteiger partial charge < -0.3 is 19.7 Å². The van der Waals surface area contributed by atoms with Gasteiger partial charge in [-0.1, -0.05) is 0 Å². The van der Waals surface area contributed by atoms with Gasteiger partial charge in [-0.2, -0.15) is 0 Å². The second kappa shape index (κ2) is 5.48. The summed E-state index contributed by atoms with van der Waals surface area (Å²) in [5, 5.41) is 17.4. The van der Waals surface area contributed by atoms with Crippen molar-refractivity contribution in [2.24, 2.45) is 0 Å². The van der Waals surface area contributed by atoms with E-state index in [2.05, 4.69) is 0 Å². The molecular weight excluding hydrogens is 160 g/mol. The fourth-order valence-electron chi connectivity index (χ4n) is 0.781. The van der Waals surface area contributed by atoms with Crippen molar-refractivity contribution in [1.29, 1.82) is 0 Å². The summed E-state index contributed by atoms with van der Waals surface area (Å²) in [6, 6.07) is 0. The number of aliphatic hydroxyl groups excluding tert-OH is 2. The Morgan fingerprint density at radius 3 is 2.25 bits per heavy atom. The standard InChI is InChI=1S/C8H18O4/c1-8(2,11-3)12-7(6-10)4-5-9/h7,9-10H,4-6H2,1-3H3. The lowest BCUT2D eigenvalue weighted by molar-refractivity contribution is -0.231. The molecule has 0 rings (SSSR count). The van der Waals surface area contributed by atoms with Gasteiger partial charge in [0.25, 0.3) is 0 Å². The second-order valence-electron chi connectivity index (χ2n) is 3.04. The normalized spacial score (nSPS) is 14.8. The fraction of sp³-hybridized carbons (Fsp3) is 1.00. The van der Waals surface area contributed by atoms with Crippen molar-refractivity contribution in [3.8, 4) is 0 Å². The van der Waals surface area contributed by atoms with Crippen molar-refractivity contribution in [3.05, 3.63) is 0 Å². The molecule has 74 valence electrons. The van der Waals surface area contributed by atoms with Crippen molar-refractivity contribution in [2.75, 3.05) is 20.3 Å². The zero-order valence-corrected chi connectivity index (χ0v) is 7.91. The van der Waals surface area contributed by atoms with Crippen LogP contribution in [-0.4, -0.2) is 42.4 Å². The summed E-state index contributed by atoms with van der Waals surface area (Å²) in [4.78, 5) is 0. The average Bonchev–Trinajstić information content (AvgIpc) is 2.03. The highest BCUT2D eigenvalue weighted by atomic mass is 16.7. The van der Waals surface area contributed by atoms with E-state index in [1.807, 2.05) is 0 Å². The quantitative estimate of drug-likeness (QED) is 0.567. The van der Waals surface area contributed by atoms with Crippen LogP contribution < -0.4 is 0 Å². The van der Waals surface area contributed by atoms with E-state index < -0.39 is 5.79 Å². The first-order valence-electron chi connectivity index (χ1n) is 4.00. The molecule has 0 saturated heterocycles. The monoisotopic (exact) mass is 178 g/mol. The van der Waals surface area contributed by atoms with E-state index in [0.717, 1.165) is 0 Å². The first kappa shape index (κ1) is 11.8. The topological polar surface area (TPSA) is 58.9 Å².